The first kappa shape index (κ1) is 19.0. The molecule has 146 valence electrons. The zero-order chi connectivity index (χ0) is 19.4. The lowest BCUT2D eigenvalue weighted by Crippen LogP contribution is -2.53. The van der Waals surface area contributed by atoms with E-state index < -0.39 is 5.97 Å². The highest BCUT2D eigenvalue weighted by Crippen LogP contribution is 2.40. The van der Waals surface area contributed by atoms with Crippen LogP contribution in [0.1, 0.15) is 25.7 Å². The summed E-state index contributed by atoms with van der Waals surface area (Å²) < 4.78 is 5.26. The maximum atomic E-state index is 12.6. The molecule has 1 spiro atoms. The molecule has 0 radical (unpaired) electrons. The number of ether oxygens (including phenoxy) is 1. The summed E-state index contributed by atoms with van der Waals surface area (Å²) in [4.78, 5) is 38.7. The molecule has 0 bridgehead atoms. The Labute approximate surface area is 158 Å². The Balaban J connectivity index is 1.59. The number of carboxylic acid groups (broad SMARTS) is 1. The number of piperidine rings is 2. The Hall–Kier alpha value is -2.77. The minimum atomic E-state index is -0.992. The highest BCUT2D eigenvalue weighted by molar-refractivity contribution is 5.91. The second-order valence-corrected chi connectivity index (χ2v) is 7.26. The van der Waals surface area contributed by atoms with Gasteiger partial charge >= 0.3 is 12.0 Å². The van der Waals surface area contributed by atoms with E-state index in [1.807, 2.05) is 12.1 Å². The molecule has 2 heterocycles. The van der Waals surface area contributed by atoms with E-state index in [0.29, 0.717) is 37.5 Å². The first-order valence-corrected chi connectivity index (χ1v) is 9.11. The topological polar surface area (TPSA) is 99.2 Å². The first-order chi connectivity index (χ1) is 12.9. The van der Waals surface area contributed by atoms with Crippen molar-refractivity contribution in [3.05, 3.63) is 24.3 Å². The summed E-state index contributed by atoms with van der Waals surface area (Å²) in [6.45, 7) is 1.37. The zero-order valence-electron chi connectivity index (χ0n) is 15.4. The molecule has 2 fully saturated rings. The van der Waals surface area contributed by atoms with Crippen LogP contribution in [0.3, 0.4) is 0 Å². The number of likely N-dealkylation sites (tertiary alicyclic amines) is 2. The SMILES string of the molecule is COc1ccccc1NC(=O)N1CCC2(CCC(=O)N(CC(=O)O)C2)CC1. The molecule has 0 atom stereocenters. The second kappa shape index (κ2) is 7.85. The third kappa shape index (κ3) is 4.32. The number of carbonyl (C=O) groups is 3. The van der Waals surface area contributed by atoms with Gasteiger partial charge in [0.05, 0.1) is 12.8 Å². The molecule has 8 heteroatoms. The lowest BCUT2D eigenvalue weighted by molar-refractivity contribution is -0.149. The number of rotatable bonds is 4. The Morgan fingerprint density at radius 2 is 1.93 bits per heavy atom. The molecule has 2 N–H and O–H groups in total. The van der Waals surface area contributed by atoms with Gasteiger partial charge < -0.3 is 25.0 Å². The van der Waals surface area contributed by atoms with Crippen molar-refractivity contribution in [2.75, 3.05) is 38.6 Å². The summed E-state index contributed by atoms with van der Waals surface area (Å²) in [5.41, 5.74) is 0.533. The summed E-state index contributed by atoms with van der Waals surface area (Å²) in [5.74, 6) is -0.483. The van der Waals surface area contributed by atoms with Crippen LogP contribution >= 0.6 is 0 Å². The van der Waals surface area contributed by atoms with Crippen LogP contribution < -0.4 is 10.1 Å². The summed E-state index contributed by atoms with van der Waals surface area (Å²) >= 11 is 0. The van der Waals surface area contributed by atoms with Crippen molar-refractivity contribution in [2.24, 2.45) is 5.41 Å². The number of anilines is 1. The van der Waals surface area contributed by atoms with Gasteiger partial charge in [-0.1, -0.05) is 12.1 Å². The summed E-state index contributed by atoms with van der Waals surface area (Å²) in [6, 6.07) is 7.07. The van der Waals surface area contributed by atoms with Crippen LogP contribution in [0, 0.1) is 5.41 Å². The van der Waals surface area contributed by atoms with Crippen LogP contribution in [-0.2, 0) is 9.59 Å². The van der Waals surface area contributed by atoms with Gasteiger partial charge in [0.2, 0.25) is 5.91 Å². The molecule has 2 aliphatic rings. The smallest absolute Gasteiger partial charge is 0.323 e. The average molecular weight is 375 g/mol. The van der Waals surface area contributed by atoms with Crippen molar-refractivity contribution in [1.29, 1.82) is 0 Å². The van der Waals surface area contributed by atoms with E-state index in [1.165, 1.54) is 4.90 Å². The van der Waals surface area contributed by atoms with Gasteiger partial charge in [0.25, 0.3) is 0 Å². The van der Waals surface area contributed by atoms with E-state index in [-0.39, 0.29) is 23.9 Å². The fourth-order valence-corrected chi connectivity index (χ4v) is 3.94. The van der Waals surface area contributed by atoms with Gasteiger partial charge in [-0.15, -0.1) is 0 Å². The highest BCUT2D eigenvalue weighted by atomic mass is 16.5. The number of nitrogens with zero attached hydrogens (tertiary/aromatic N) is 2. The molecule has 27 heavy (non-hydrogen) atoms. The van der Waals surface area contributed by atoms with Crippen LogP contribution in [0.25, 0.3) is 0 Å². The van der Waals surface area contributed by atoms with E-state index in [0.717, 1.165) is 19.3 Å². The fourth-order valence-electron chi connectivity index (χ4n) is 3.94. The lowest BCUT2D eigenvalue weighted by atomic mass is 9.72. The van der Waals surface area contributed by atoms with Crippen molar-refractivity contribution >= 4 is 23.6 Å². The van der Waals surface area contributed by atoms with Gasteiger partial charge in [0.1, 0.15) is 12.3 Å². The minimum absolute atomic E-state index is 0.0927. The van der Waals surface area contributed by atoms with Gasteiger partial charge in [-0.05, 0) is 36.8 Å². The quantitative estimate of drug-likeness (QED) is 0.839. The average Bonchev–Trinajstić information content (AvgIpc) is 2.65. The monoisotopic (exact) mass is 375 g/mol. The van der Waals surface area contributed by atoms with Crippen LogP contribution in [0.2, 0.25) is 0 Å². The van der Waals surface area contributed by atoms with Gasteiger partial charge in [-0.25, -0.2) is 4.79 Å². The Morgan fingerprint density at radius 3 is 2.59 bits per heavy atom. The highest BCUT2D eigenvalue weighted by Gasteiger charge is 2.42. The number of nitrogens with one attached hydrogen (secondary N) is 1. The van der Waals surface area contributed by atoms with E-state index in [1.54, 1.807) is 24.1 Å². The predicted octanol–water partition coefficient (Wildman–Crippen LogP) is 2.02. The van der Waals surface area contributed by atoms with Gasteiger partial charge in [-0.2, -0.15) is 0 Å². The zero-order valence-corrected chi connectivity index (χ0v) is 15.4. The number of urea groups is 1. The van der Waals surface area contributed by atoms with Gasteiger partial charge in [-0.3, -0.25) is 9.59 Å². The maximum absolute atomic E-state index is 12.6. The molecule has 3 rings (SSSR count). The number of aliphatic carboxylic acids is 1. The molecule has 0 aromatic heterocycles. The Morgan fingerprint density at radius 1 is 1.22 bits per heavy atom. The van der Waals surface area contributed by atoms with Crippen molar-refractivity contribution < 1.29 is 24.2 Å². The van der Waals surface area contributed by atoms with Crippen molar-refractivity contribution in [2.45, 2.75) is 25.7 Å². The van der Waals surface area contributed by atoms with E-state index in [2.05, 4.69) is 5.32 Å². The third-order valence-electron chi connectivity index (χ3n) is 5.53. The normalized spacial score (nSPS) is 19.1. The Bertz CT molecular complexity index is 728. The minimum Gasteiger partial charge on any atom is -0.495 e. The number of hydrogen-bond acceptors (Lipinski definition) is 4. The molecule has 1 aromatic carbocycles. The summed E-state index contributed by atoms with van der Waals surface area (Å²) in [6.07, 6.45) is 2.65. The van der Waals surface area contributed by atoms with Crippen molar-refractivity contribution in [3.8, 4) is 5.75 Å². The van der Waals surface area contributed by atoms with Crippen molar-refractivity contribution in [1.82, 2.24) is 9.80 Å². The molecule has 2 aliphatic heterocycles. The molecule has 8 nitrogen and oxygen atoms in total. The summed E-state index contributed by atoms with van der Waals surface area (Å²) in [5, 5.41) is 11.9. The standard InChI is InChI=1S/C19H25N3O5/c1-27-15-5-3-2-4-14(15)20-18(26)21-10-8-19(9-11-21)7-6-16(23)22(13-19)12-17(24)25/h2-5H,6-13H2,1H3,(H,20,26)(H,24,25). The number of benzene rings is 1. The molecule has 0 aliphatic carbocycles. The number of methoxy groups -OCH3 is 1. The second-order valence-electron chi connectivity index (χ2n) is 7.26. The van der Waals surface area contributed by atoms with E-state index >= 15 is 0 Å². The molecule has 0 saturated carbocycles. The van der Waals surface area contributed by atoms with Crippen LogP contribution in [0.5, 0.6) is 5.75 Å². The molecule has 1 aromatic rings. The summed E-state index contributed by atoms with van der Waals surface area (Å²) in [7, 11) is 1.56. The van der Waals surface area contributed by atoms with Crippen LogP contribution in [0.15, 0.2) is 24.3 Å². The third-order valence-corrected chi connectivity index (χ3v) is 5.53. The van der Waals surface area contributed by atoms with Crippen LogP contribution in [-0.4, -0.2) is 66.1 Å². The number of carbonyl (C=O) groups excluding carboxylic acids is 2. The molecule has 3 amide bonds. The number of carboxylic acids is 1. The lowest BCUT2D eigenvalue weighted by Gasteiger charge is -2.47. The molecule has 2 saturated heterocycles. The van der Waals surface area contributed by atoms with Gasteiger partial charge in [0.15, 0.2) is 0 Å². The van der Waals surface area contributed by atoms with E-state index in [9.17, 15) is 14.4 Å². The van der Waals surface area contributed by atoms with Gasteiger partial charge in [0, 0.05) is 26.1 Å². The number of para-hydroxylation sites is 2. The fraction of sp³-hybridized carbons (Fsp3) is 0.526. The number of amides is 3. The van der Waals surface area contributed by atoms with Crippen molar-refractivity contribution in [3.63, 3.8) is 0 Å². The first-order valence-electron chi connectivity index (χ1n) is 9.11. The van der Waals surface area contributed by atoms with E-state index in [4.69, 9.17) is 9.84 Å². The molecular weight excluding hydrogens is 350 g/mol. The molecular formula is C19H25N3O5. The number of hydrogen-bond donors (Lipinski definition) is 2. The maximum Gasteiger partial charge on any atom is 0.323 e. The molecule has 0 unspecified atom stereocenters. The predicted molar refractivity (Wildman–Crippen MR) is 98.7 cm³/mol. The van der Waals surface area contributed by atoms with Crippen LogP contribution in [0.4, 0.5) is 10.5 Å². The largest absolute Gasteiger partial charge is 0.495 e. The Kier molecular flexibility index (Phi) is 5.53.